The molecule has 264 valence electrons. The molecule has 12 nitrogen and oxygen atoms in total. The zero-order chi connectivity index (χ0) is 37.2. The maximum Gasteiger partial charge on any atom is 0.416 e. The number of benzene rings is 2. The average molecular weight is 737 g/mol. The van der Waals surface area contributed by atoms with Crippen molar-refractivity contribution in [1.29, 1.82) is 0 Å². The summed E-state index contributed by atoms with van der Waals surface area (Å²) in [5, 5.41) is 8.30. The Bertz CT molecular complexity index is 2320. The smallest absolute Gasteiger partial charge is 0.384 e. The number of nitrogens with zero attached hydrogens (tertiary/aromatic N) is 11. The maximum absolute atomic E-state index is 12.8. The van der Waals surface area contributed by atoms with Gasteiger partial charge in [0, 0.05) is 34.3 Å². The molecule has 0 fully saturated rings. The van der Waals surface area contributed by atoms with Gasteiger partial charge in [-0.05, 0) is 74.0 Å². The van der Waals surface area contributed by atoms with Crippen molar-refractivity contribution in [2.45, 2.75) is 26.2 Å². The number of pyridine rings is 1. The molecule has 0 spiro atoms. The molecule has 0 aliphatic carbocycles. The number of alkyl halides is 6. The highest BCUT2D eigenvalue weighted by molar-refractivity contribution is 6.28. The molecule has 5 heterocycles. The highest BCUT2D eigenvalue weighted by Crippen LogP contribution is 2.32. The highest BCUT2D eigenvalue weighted by Gasteiger charge is 2.31. The minimum Gasteiger partial charge on any atom is -0.384 e. The third kappa shape index (κ3) is 8.35. The lowest BCUT2D eigenvalue weighted by molar-refractivity contribution is -0.138. The lowest BCUT2D eigenvalue weighted by Crippen LogP contribution is -2.05. The normalized spacial score (nSPS) is 11.6. The molecule has 2 aromatic carbocycles. The minimum atomic E-state index is -4.39. The molecule has 0 amide bonds. The number of hydrogen-bond donors (Lipinski definition) is 1. The van der Waals surface area contributed by atoms with Gasteiger partial charge in [-0.1, -0.05) is 24.3 Å². The van der Waals surface area contributed by atoms with E-state index >= 15 is 0 Å². The zero-order valence-corrected chi connectivity index (χ0v) is 27.6. The van der Waals surface area contributed by atoms with Gasteiger partial charge in [-0.2, -0.15) is 35.7 Å². The van der Waals surface area contributed by atoms with Crippen molar-refractivity contribution in [3.8, 4) is 45.8 Å². The second-order valence-corrected chi connectivity index (χ2v) is 11.3. The van der Waals surface area contributed by atoms with Crippen molar-refractivity contribution in [3.05, 3.63) is 119 Å². The first-order valence-electron chi connectivity index (χ1n) is 14.9. The Morgan fingerprint density at radius 1 is 0.577 bits per heavy atom. The third-order valence-corrected chi connectivity index (χ3v) is 7.28. The monoisotopic (exact) mass is 736 g/mol. The minimum absolute atomic E-state index is 0.0474. The summed E-state index contributed by atoms with van der Waals surface area (Å²) in [6, 6.07) is 16.3. The number of halogens is 7. The molecule has 0 aliphatic heterocycles. The molecule has 52 heavy (non-hydrogen) atoms. The first-order valence-corrected chi connectivity index (χ1v) is 15.3. The van der Waals surface area contributed by atoms with Gasteiger partial charge in [-0.3, -0.25) is 0 Å². The van der Waals surface area contributed by atoms with E-state index in [-0.39, 0.29) is 17.2 Å². The number of nitrogen functional groups attached to an aromatic ring is 1. The molecule has 0 unspecified atom stereocenters. The van der Waals surface area contributed by atoms with Crippen LogP contribution >= 0.6 is 11.6 Å². The van der Waals surface area contributed by atoms with E-state index < -0.39 is 23.5 Å². The van der Waals surface area contributed by atoms with Gasteiger partial charge in [0.25, 0.3) is 11.9 Å². The van der Waals surface area contributed by atoms with E-state index in [1.54, 1.807) is 44.3 Å². The number of rotatable bonds is 5. The summed E-state index contributed by atoms with van der Waals surface area (Å²) in [6.07, 6.45) is -4.40. The Hall–Kier alpha value is -6.30. The van der Waals surface area contributed by atoms with Crippen LogP contribution in [0.2, 0.25) is 5.28 Å². The summed E-state index contributed by atoms with van der Waals surface area (Å²) < 4.78 is 78.9. The van der Waals surface area contributed by atoms with Crippen molar-refractivity contribution in [1.82, 2.24) is 54.4 Å². The molecule has 0 aliphatic rings. The van der Waals surface area contributed by atoms with Crippen LogP contribution in [0.5, 0.6) is 0 Å². The van der Waals surface area contributed by atoms with E-state index in [0.29, 0.717) is 51.1 Å². The van der Waals surface area contributed by atoms with E-state index in [1.165, 1.54) is 46.3 Å². The van der Waals surface area contributed by atoms with Crippen molar-refractivity contribution >= 4 is 17.4 Å². The summed E-state index contributed by atoms with van der Waals surface area (Å²) >= 11 is 5.66. The molecule has 7 aromatic rings. The Labute approximate surface area is 295 Å². The summed E-state index contributed by atoms with van der Waals surface area (Å²) in [6.45, 7) is 3.51. The molecule has 0 bridgehead atoms. The number of nitrogens with two attached hydrogens (primary N) is 1. The van der Waals surface area contributed by atoms with Crippen LogP contribution in [0.15, 0.2) is 91.6 Å². The van der Waals surface area contributed by atoms with Crippen molar-refractivity contribution in [2.75, 3.05) is 5.73 Å². The third-order valence-electron chi connectivity index (χ3n) is 7.11. The quantitative estimate of drug-likeness (QED) is 0.177. The summed E-state index contributed by atoms with van der Waals surface area (Å²) in [5.74, 6) is 1.29. The Balaban J connectivity index is 0.000000183. The van der Waals surface area contributed by atoms with E-state index in [4.69, 9.17) is 17.3 Å². The van der Waals surface area contributed by atoms with Crippen LogP contribution in [0.4, 0.5) is 32.2 Å². The Morgan fingerprint density at radius 2 is 1.04 bits per heavy atom. The van der Waals surface area contributed by atoms with Crippen LogP contribution in [0.1, 0.15) is 22.5 Å². The topological polar surface area (TPSA) is 152 Å². The average Bonchev–Trinajstić information content (AvgIpc) is 3.78. The standard InChI is InChI=1S/C19H14F3N7.C14H9ClF3N5/c1-11-8-15(12-2-5-14(6-3-12)19(20,21)22)27-18(26-11)29-10-25-17(28-29)13-4-7-16(23)24-9-13;1-8-6-11(9-2-4-10(5-3-9)14(16,17)18)21-13(20-8)23-7-19-12(15)22-23/h2-10H,1H3,(H2,23,24);2-7H,1H3. The van der Waals surface area contributed by atoms with Crippen LogP contribution in [0.3, 0.4) is 0 Å². The van der Waals surface area contributed by atoms with E-state index in [2.05, 4.69) is 45.1 Å². The van der Waals surface area contributed by atoms with Crippen molar-refractivity contribution < 1.29 is 26.3 Å². The predicted octanol–water partition coefficient (Wildman–Crippen LogP) is 7.40. The van der Waals surface area contributed by atoms with Gasteiger partial charge in [-0.25, -0.2) is 34.9 Å². The fourth-order valence-electron chi connectivity index (χ4n) is 4.63. The first kappa shape index (κ1) is 35.5. The highest BCUT2D eigenvalue weighted by atomic mass is 35.5. The van der Waals surface area contributed by atoms with Crippen LogP contribution in [-0.4, -0.2) is 54.4 Å². The molecule has 7 rings (SSSR count). The SMILES string of the molecule is Cc1cc(-c2ccc(C(F)(F)F)cc2)nc(-n2cnc(-c3ccc(N)nc3)n2)n1.Cc1cc(-c2ccc(C(F)(F)F)cc2)nc(-n2cnc(Cl)n2)n1. The molecule has 5 aromatic heterocycles. The number of anilines is 1. The van der Waals surface area contributed by atoms with Gasteiger partial charge >= 0.3 is 12.4 Å². The lowest BCUT2D eigenvalue weighted by atomic mass is 10.1. The summed E-state index contributed by atoms with van der Waals surface area (Å²) in [7, 11) is 0. The number of aromatic nitrogens is 11. The van der Waals surface area contributed by atoms with Gasteiger partial charge in [0.05, 0.1) is 22.5 Å². The fourth-order valence-corrected chi connectivity index (χ4v) is 4.76. The number of hydrogen-bond acceptors (Lipinski definition) is 10. The lowest BCUT2D eigenvalue weighted by Gasteiger charge is -2.09. The van der Waals surface area contributed by atoms with Crippen molar-refractivity contribution in [2.24, 2.45) is 0 Å². The predicted molar refractivity (Wildman–Crippen MR) is 177 cm³/mol. The van der Waals surface area contributed by atoms with E-state index in [0.717, 1.165) is 24.3 Å². The second kappa shape index (κ2) is 14.1. The van der Waals surface area contributed by atoms with Crippen molar-refractivity contribution in [3.63, 3.8) is 0 Å². The van der Waals surface area contributed by atoms with Gasteiger partial charge in [0.2, 0.25) is 5.28 Å². The van der Waals surface area contributed by atoms with Crippen LogP contribution in [-0.2, 0) is 12.4 Å². The molecule has 19 heteroatoms. The largest absolute Gasteiger partial charge is 0.416 e. The maximum atomic E-state index is 12.8. The van der Waals surface area contributed by atoms with Crippen LogP contribution in [0.25, 0.3) is 45.8 Å². The molecule has 2 N–H and O–H groups in total. The van der Waals surface area contributed by atoms with E-state index in [9.17, 15) is 26.3 Å². The van der Waals surface area contributed by atoms with E-state index in [1.807, 2.05) is 0 Å². The van der Waals surface area contributed by atoms with Gasteiger partial charge < -0.3 is 5.73 Å². The molecule has 0 saturated heterocycles. The second-order valence-electron chi connectivity index (χ2n) is 11.0. The zero-order valence-electron chi connectivity index (χ0n) is 26.8. The van der Waals surface area contributed by atoms with Crippen LogP contribution in [0, 0.1) is 13.8 Å². The van der Waals surface area contributed by atoms with Crippen LogP contribution < -0.4 is 5.73 Å². The molecular formula is C33H23ClF6N12. The van der Waals surface area contributed by atoms with Gasteiger partial charge in [-0.15, -0.1) is 10.2 Å². The Morgan fingerprint density at radius 3 is 1.46 bits per heavy atom. The van der Waals surface area contributed by atoms with Gasteiger partial charge in [0.15, 0.2) is 5.82 Å². The molecule has 0 radical (unpaired) electrons. The summed E-state index contributed by atoms with van der Waals surface area (Å²) in [5.41, 5.74) is 8.13. The molecule has 0 atom stereocenters. The molecule has 0 saturated carbocycles. The Kier molecular flexibility index (Phi) is 9.66. The first-order chi connectivity index (χ1) is 24.6. The van der Waals surface area contributed by atoms with Gasteiger partial charge in [0.1, 0.15) is 18.5 Å². The number of aryl methyl sites for hydroxylation is 2. The fraction of sp³-hybridized carbons (Fsp3) is 0.121. The summed E-state index contributed by atoms with van der Waals surface area (Å²) in [4.78, 5) is 29.3. The molecular weight excluding hydrogens is 714 g/mol.